The summed E-state index contributed by atoms with van der Waals surface area (Å²) in [4.78, 5) is 32.8. The van der Waals surface area contributed by atoms with Crippen molar-refractivity contribution in [2.24, 2.45) is 11.8 Å². The number of carbonyl (C=O) groups excluding carboxylic acids is 1. The molecule has 3 aliphatic heterocycles. The van der Waals surface area contributed by atoms with E-state index >= 15 is 0 Å². The Morgan fingerprint density at radius 2 is 2.00 bits per heavy atom. The highest BCUT2D eigenvalue weighted by atomic mass is 16.6. The molecule has 1 aromatic carbocycles. The number of likely N-dealkylation sites (tertiary alicyclic amines) is 1. The number of ether oxygens (including phenoxy) is 1. The van der Waals surface area contributed by atoms with E-state index in [-0.39, 0.29) is 24.4 Å². The first kappa shape index (κ1) is 21.2. The molecule has 3 fully saturated rings. The summed E-state index contributed by atoms with van der Waals surface area (Å²) in [6.45, 7) is 1.32. The topological polar surface area (TPSA) is 134 Å². The molecule has 2 aromatic rings. The third kappa shape index (κ3) is 2.96. The van der Waals surface area contributed by atoms with Crippen molar-refractivity contribution in [3.05, 3.63) is 47.8 Å². The normalized spacial score (nSPS) is 29.5. The van der Waals surface area contributed by atoms with Gasteiger partial charge in [-0.25, -0.2) is 9.59 Å². The van der Waals surface area contributed by atoms with Gasteiger partial charge < -0.3 is 19.6 Å². The van der Waals surface area contributed by atoms with Gasteiger partial charge in [0.05, 0.1) is 30.0 Å². The number of cyclic esters (lactones) is 1. The molecule has 10 heteroatoms. The zero-order valence-corrected chi connectivity index (χ0v) is 19.0. The lowest BCUT2D eigenvalue weighted by Crippen LogP contribution is -2.41. The second-order valence-electron chi connectivity index (χ2n) is 9.70. The molecule has 176 valence electrons. The molecule has 0 radical (unpaired) electrons. The smallest absolute Gasteiger partial charge is 0.415 e. The molecule has 2 amide bonds. The van der Waals surface area contributed by atoms with E-state index in [2.05, 4.69) is 17.2 Å². The standard InChI is InChI=1S/C25H22N6O4/c1-29(23(32)33)11-21-20-7-16-6-14(2-4-19(16)31(20)24(34)35-21)15-3-5-22(28-8-15)25(12-26)17-9-30(13-27)10-18(17)25/h2-6,8,17-18,20-21H,7,9-11H2,1H3,(H,32,33)/t17-,18+,20-,21-,25?/m0/s1. The summed E-state index contributed by atoms with van der Waals surface area (Å²) in [6, 6.07) is 12.0. The van der Waals surface area contributed by atoms with Crippen molar-refractivity contribution in [2.75, 3.05) is 31.6 Å². The predicted molar refractivity (Wildman–Crippen MR) is 122 cm³/mol. The van der Waals surface area contributed by atoms with Crippen LogP contribution in [-0.4, -0.2) is 70.9 Å². The first-order valence-corrected chi connectivity index (χ1v) is 11.5. The quantitative estimate of drug-likeness (QED) is 0.674. The SMILES string of the molecule is CN(C[C@@H]1OC(=O)N2c3ccc(-c4ccc(C5(C#N)[C@@H]6CN(C#N)C[C@@H]65)nc4)cc3C[C@@H]12)C(=O)O. The van der Waals surface area contributed by atoms with E-state index in [0.717, 1.165) is 33.0 Å². The first-order chi connectivity index (χ1) is 16.9. The number of rotatable bonds is 4. The number of anilines is 1. The van der Waals surface area contributed by atoms with Crippen molar-refractivity contribution in [3.63, 3.8) is 0 Å². The number of nitrogens with zero attached hydrogens (tertiary/aromatic N) is 6. The summed E-state index contributed by atoms with van der Waals surface area (Å²) in [6.07, 6.45) is 2.47. The van der Waals surface area contributed by atoms with Crippen molar-refractivity contribution < 1.29 is 19.4 Å². The summed E-state index contributed by atoms with van der Waals surface area (Å²) >= 11 is 0. The minimum absolute atomic E-state index is 0.114. The Bertz CT molecular complexity index is 1320. The highest BCUT2D eigenvalue weighted by Gasteiger charge is 2.71. The van der Waals surface area contributed by atoms with Gasteiger partial charge in [0, 0.05) is 43.7 Å². The van der Waals surface area contributed by atoms with Gasteiger partial charge in [-0.05, 0) is 35.7 Å². The molecule has 1 saturated carbocycles. The van der Waals surface area contributed by atoms with Gasteiger partial charge in [0.1, 0.15) is 11.5 Å². The average Bonchev–Trinajstić information content (AvgIpc) is 3.22. The predicted octanol–water partition coefficient (Wildman–Crippen LogP) is 2.41. The van der Waals surface area contributed by atoms with E-state index in [1.165, 1.54) is 7.05 Å². The molecule has 35 heavy (non-hydrogen) atoms. The molecule has 1 aliphatic carbocycles. The molecule has 5 atom stereocenters. The molecule has 0 bridgehead atoms. The number of hydrogen-bond donors (Lipinski definition) is 1. The van der Waals surface area contributed by atoms with Crippen LogP contribution in [0.5, 0.6) is 0 Å². The van der Waals surface area contributed by atoms with Crippen molar-refractivity contribution >= 4 is 17.9 Å². The number of likely N-dealkylation sites (N-methyl/N-ethyl adjacent to an activating group) is 1. The van der Waals surface area contributed by atoms with E-state index in [1.807, 2.05) is 30.3 Å². The number of piperidine rings is 1. The third-order valence-corrected chi connectivity index (χ3v) is 7.99. The molecule has 10 nitrogen and oxygen atoms in total. The third-order valence-electron chi connectivity index (χ3n) is 7.99. The Balaban J connectivity index is 1.22. The van der Waals surface area contributed by atoms with Crippen LogP contribution in [0.15, 0.2) is 36.5 Å². The van der Waals surface area contributed by atoms with Gasteiger partial charge >= 0.3 is 12.2 Å². The minimum Gasteiger partial charge on any atom is -0.465 e. The van der Waals surface area contributed by atoms with Gasteiger partial charge in [-0.3, -0.25) is 9.88 Å². The van der Waals surface area contributed by atoms with Gasteiger partial charge in [-0.1, -0.05) is 12.1 Å². The lowest BCUT2D eigenvalue weighted by Gasteiger charge is -2.21. The Morgan fingerprint density at radius 1 is 1.26 bits per heavy atom. The zero-order chi connectivity index (χ0) is 24.5. The van der Waals surface area contributed by atoms with Gasteiger partial charge in [0.25, 0.3) is 0 Å². The number of benzene rings is 1. The molecule has 6 rings (SSSR count). The number of pyridine rings is 1. The maximum atomic E-state index is 12.5. The minimum atomic E-state index is -1.07. The summed E-state index contributed by atoms with van der Waals surface area (Å²) < 4.78 is 5.45. The van der Waals surface area contributed by atoms with Crippen molar-refractivity contribution in [1.29, 1.82) is 10.5 Å². The number of aromatic nitrogens is 1. The van der Waals surface area contributed by atoms with Crippen molar-refractivity contribution in [1.82, 2.24) is 14.8 Å². The highest BCUT2D eigenvalue weighted by Crippen LogP contribution is 2.62. The lowest BCUT2D eigenvalue weighted by atomic mass is 9.95. The highest BCUT2D eigenvalue weighted by molar-refractivity contribution is 5.94. The van der Waals surface area contributed by atoms with Crippen LogP contribution in [0.2, 0.25) is 0 Å². The van der Waals surface area contributed by atoms with Crippen LogP contribution in [-0.2, 0) is 16.6 Å². The number of fused-ring (bicyclic) bond motifs is 4. The van der Waals surface area contributed by atoms with Crippen molar-refractivity contribution in [2.45, 2.75) is 24.0 Å². The van der Waals surface area contributed by atoms with E-state index < -0.39 is 23.7 Å². The molecule has 1 aromatic heterocycles. The van der Waals surface area contributed by atoms with Gasteiger partial charge in [0.2, 0.25) is 0 Å². The molecule has 1 N–H and O–H groups in total. The lowest BCUT2D eigenvalue weighted by molar-refractivity contribution is 0.0961. The van der Waals surface area contributed by atoms with Crippen molar-refractivity contribution in [3.8, 4) is 23.4 Å². The van der Waals surface area contributed by atoms with Crippen LogP contribution in [0, 0.1) is 34.6 Å². The molecular weight excluding hydrogens is 448 g/mol. The fourth-order valence-electron chi connectivity index (χ4n) is 6.09. The van der Waals surface area contributed by atoms with E-state index in [0.29, 0.717) is 19.5 Å². The average molecular weight is 470 g/mol. The van der Waals surface area contributed by atoms with Gasteiger partial charge in [0.15, 0.2) is 6.19 Å². The van der Waals surface area contributed by atoms with E-state index in [9.17, 15) is 20.0 Å². The number of carboxylic acid groups (broad SMARTS) is 1. The number of carbonyl (C=O) groups is 2. The maximum absolute atomic E-state index is 12.5. The monoisotopic (exact) mass is 470 g/mol. The van der Waals surface area contributed by atoms with Crippen LogP contribution in [0.4, 0.5) is 15.3 Å². The second-order valence-corrected chi connectivity index (χ2v) is 9.70. The molecule has 4 aliphatic rings. The second kappa shape index (κ2) is 7.34. The number of amides is 2. The summed E-state index contributed by atoms with van der Waals surface area (Å²) in [7, 11) is 1.46. The van der Waals surface area contributed by atoms with Gasteiger partial charge in [-0.2, -0.15) is 10.5 Å². The van der Waals surface area contributed by atoms with Gasteiger partial charge in [-0.15, -0.1) is 0 Å². The van der Waals surface area contributed by atoms with Crippen LogP contribution in [0.25, 0.3) is 11.1 Å². The molecule has 0 spiro atoms. The van der Waals surface area contributed by atoms with Crippen LogP contribution < -0.4 is 4.90 Å². The summed E-state index contributed by atoms with van der Waals surface area (Å²) in [5.41, 5.74) is 3.79. The Hall–Kier alpha value is -4.31. The molecule has 1 unspecified atom stereocenters. The fraction of sp³-hybridized carbons (Fsp3) is 0.400. The van der Waals surface area contributed by atoms with Crippen LogP contribution in [0.1, 0.15) is 11.3 Å². The maximum Gasteiger partial charge on any atom is 0.415 e. The van der Waals surface area contributed by atoms with E-state index in [4.69, 9.17) is 10.00 Å². The Kier molecular flexibility index (Phi) is 4.46. The largest absolute Gasteiger partial charge is 0.465 e. The molecule has 4 heterocycles. The first-order valence-electron chi connectivity index (χ1n) is 11.5. The number of hydrogen-bond acceptors (Lipinski definition) is 7. The summed E-state index contributed by atoms with van der Waals surface area (Å²) in [5.74, 6) is 0.290. The van der Waals surface area contributed by atoms with Crippen LogP contribution in [0.3, 0.4) is 0 Å². The summed E-state index contributed by atoms with van der Waals surface area (Å²) in [5, 5.41) is 28.2. The Labute approximate surface area is 201 Å². The number of nitriles is 2. The van der Waals surface area contributed by atoms with Crippen LogP contribution >= 0.6 is 0 Å². The fourth-order valence-corrected chi connectivity index (χ4v) is 6.09. The molecule has 2 saturated heterocycles. The molecular formula is C25H22N6O4. The zero-order valence-electron chi connectivity index (χ0n) is 19.0. The van der Waals surface area contributed by atoms with E-state index in [1.54, 1.807) is 16.0 Å². The Morgan fingerprint density at radius 3 is 2.63 bits per heavy atom.